The summed E-state index contributed by atoms with van der Waals surface area (Å²) in [5, 5.41) is 18.4. The van der Waals surface area contributed by atoms with Crippen LogP contribution in [0.5, 0.6) is 0 Å². The van der Waals surface area contributed by atoms with Crippen LogP contribution in [0.3, 0.4) is 0 Å². The van der Waals surface area contributed by atoms with Gasteiger partial charge in [0.1, 0.15) is 17.4 Å². The van der Waals surface area contributed by atoms with Gasteiger partial charge >= 0.3 is 0 Å². The first kappa shape index (κ1) is 14.5. The zero-order chi connectivity index (χ0) is 14.3. The molecule has 4 heteroatoms. The number of anilines is 1. The lowest BCUT2D eigenvalue weighted by Crippen LogP contribution is -2.16. The number of para-hydroxylation sites is 1. The molecule has 1 aromatic rings. The van der Waals surface area contributed by atoms with Gasteiger partial charge in [0.15, 0.2) is 6.29 Å². The van der Waals surface area contributed by atoms with E-state index in [4.69, 9.17) is 5.26 Å². The number of nitrogens with zero attached hydrogens (tertiary/aromatic N) is 2. The van der Waals surface area contributed by atoms with Gasteiger partial charge in [-0.05, 0) is 18.6 Å². The number of carbonyl (C=O) groups excluding carboxylic acids is 1. The Morgan fingerprint density at radius 3 is 2.53 bits per heavy atom. The first-order valence-corrected chi connectivity index (χ1v) is 5.91. The van der Waals surface area contributed by atoms with Crippen molar-refractivity contribution in [3.8, 4) is 6.07 Å². The molecule has 0 atom stereocenters. The number of rotatable bonds is 5. The highest BCUT2D eigenvalue weighted by Crippen LogP contribution is 2.19. The molecule has 0 aliphatic carbocycles. The average molecular weight is 256 g/mol. The molecule has 1 rings (SSSR count). The molecular weight excluding hydrogens is 240 g/mol. The smallest absolute Gasteiger partial charge is 0.164 e. The molecule has 0 amide bonds. The summed E-state index contributed by atoms with van der Waals surface area (Å²) < 4.78 is 0. The Balaban J connectivity index is 3.12. The van der Waals surface area contributed by atoms with E-state index in [2.05, 4.69) is 0 Å². The monoisotopic (exact) mass is 256 g/mol. The number of nitriles is 1. The highest BCUT2D eigenvalue weighted by atomic mass is 16.3. The molecule has 0 fully saturated rings. The molecule has 19 heavy (non-hydrogen) atoms. The minimum absolute atomic E-state index is 0.271. The quantitative estimate of drug-likeness (QED) is 0.289. The molecule has 0 radical (unpaired) electrons. The molecule has 0 aliphatic rings. The van der Waals surface area contributed by atoms with Crippen LogP contribution in [-0.2, 0) is 4.79 Å². The SMILES string of the molecule is CC/C(=C/C(O)=C(/C#N)C=O)N(C)c1ccccc1. The molecule has 0 saturated carbocycles. The molecule has 0 aromatic heterocycles. The van der Waals surface area contributed by atoms with Crippen molar-refractivity contribution in [2.75, 3.05) is 11.9 Å². The van der Waals surface area contributed by atoms with Gasteiger partial charge < -0.3 is 10.0 Å². The number of allylic oxidation sites excluding steroid dienone is 3. The fourth-order valence-electron chi connectivity index (χ4n) is 1.63. The second-order valence-corrected chi connectivity index (χ2v) is 3.91. The maximum absolute atomic E-state index is 10.6. The van der Waals surface area contributed by atoms with Crippen LogP contribution in [-0.4, -0.2) is 18.4 Å². The van der Waals surface area contributed by atoms with Gasteiger partial charge in [0.2, 0.25) is 0 Å². The summed E-state index contributed by atoms with van der Waals surface area (Å²) in [7, 11) is 1.87. The number of aliphatic hydroxyl groups is 1. The minimum atomic E-state index is -0.308. The zero-order valence-electron chi connectivity index (χ0n) is 11.0. The Morgan fingerprint density at radius 2 is 2.05 bits per heavy atom. The Labute approximate surface area is 112 Å². The van der Waals surface area contributed by atoms with Gasteiger partial charge in [-0.25, -0.2) is 0 Å². The molecule has 98 valence electrons. The Morgan fingerprint density at radius 1 is 1.42 bits per heavy atom. The lowest BCUT2D eigenvalue weighted by atomic mass is 10.2. The van der Waals surface area contributed by atoms with E-state index in [1.807, 2.05) is 49.2 Å². The van der Waals surface area contributed by atoms with Crippen LogP contribution in [0.4, 0.5) is 5.69 Å². The van der Waals surface area contributed by atoms with Crippen LogP contribution in [0.2, 0.25) is 0 Å². The molecule has 4 nitrogen and oxygen atoms in total. The fraction of sp³-hybridized carbons (Fsp3) is 0.200. The van der Waals surface area contributed by atoms with Crippen molar-refractivity contribution in [2.45, 2.75) is 13.3 Å². The summed E-state index contributed by atoms with van der Waals surface area (Å²) in [6.45, 7) is 1.94. The van der Waals surface area contributed by atoms with Gasteiger partial charge in [-0.15, -0.1) is 0 Å². The highest BCUT2D eigenvalue weighted by molar-refractivity contribution is 5.80. The molecule has 0 bridgehead atoms. The zero-order valence-corrected chi connectivity index (χ0v) is 11.0. The van der Waals surface area contributed by atoms with E-state index < -0.39 is 0 Å². The van der Waals surface area contributed by atoms with Crippen molar-refractivity contribution in [1.82, 2.24) is 0 Å². The van der Waals surface area contributed by atoms with Crippen LogP contribution in [0.1, 0.15) is 13.3 Å². The van der Waals surface area contributed by atoms with Crippen molar-refractivity contribution in [3.05, 3.63) is 53.4 Å². The summed E-state index contributed by atoms with van der Waals surface area (Å²) in [5.41, 5.74) is 1.50. The second kappa shape index (κ2) is 7.02. The Hall–Kier alpha value is -2.54. The predicted octanol–water partition coefficient (Wildman–Crippen LogP) is 2.95. The molecule has 1 N–H and O–H groups in total. The van der Waals surface area contributed by atoms with E-state index in [0.717, 1.165) is 11.4 Å². The van der Waals surface area contributed by atoms with E-state index in [0.29, 0.717) is 12.7 Å². The lowest BCUT2D eigenvalue weighted by molar-refractivity contribution is -0.104. The topological polar surface area (TPSA) is 64.3 Å². The second-order valence-electron chi connectivity index (χ2n) is 3.91. The highest BCUT2D eigenvalue weighted by Gasteiger charge is 2.08. The summed E-state index contributed by atoms with van der Waals surface area (Å²) in [5.74, 6) is -0.308. The number of hydrogen-bond acceptors (Lipinski definition) is 4. The predicted molar refractivity (Wildman–Crippen MR) is 74.6 cm³/mol. The van der Waals surface area contributed by atoms with Crippen molar-refractivity contribution < 1.29 is 9.90 Å². The molecule has 1 aromatic carbocycles. The maximum atomic E-state index is 10.6. The third kappa shape index (κ3) is 3.71. The van der Waals surface area contributed by atoms with Crippen LogP contribution < -0.4 is 4.90 Å². The van der Waals surface area contributed by atoms with E-state index in [-0.39, 0.29) is 11.3 Å². The van der Waals surface area contributed by atoms with Gasteiger partial charge in [0.05, 0.1) is 0 Å². The van der Waals surface area contributed by atoms with Crippen molar-refractivity contribution in [1.29, 1.82) is 5.26 Å². The third-order valence-corrected chi connectivity index (χ3v) is 2.75. The largest absolute Gasteiger partial charge is 0.506 e. The molecule has 0 spiro atoms. The summed E-state index contributed by atoms with van der Waals surface area (Å²) in [4.78, 5) is 12.5. The molecular formula is C15H16N2O2. The molecule has 0 aliphatic heterocycles. The van der Waals surface area contributed by atoms with Gasteiger partial charge in [0, 0.05) is 24.5 Å². The normalized spacial score (nSPS) is 12.4. The number of hydrogen-bond donors (Lipinski definition) is 1. The Kier molecular flexibility index (Phi) is 5.36. The standard InChI is InChI=1S/C15H16N2O2/c1-3-13(9-15(19)12(10-16)11-18)17(2)14-7-5-4-6-8-14/h4-9,11,19H,3H2,1-2H3/b13-9-,15-12+. The maximum Gasteiger partial charge on any atom is 0.164 e. The first-order chi connectivity index (χ1) is 9.13. The number of aliphatic hydroxyl groups excluding tert-OH is 1. The number of carbonyl (C=O) groups is 1. The van der Waals surface area contributed by atoms with Crippen molar-refractivity contribution >= 4 is 12.0 Å². The van der Waals surface area contributed by atoms with Gasteiger partial charge in [-0.2, -0.15) is 5.26 Å². The number of aldehydes is 1. The van der Waals surface area contributed by atoms with Crippen molar-refractivity contribution in [3.63, 3.8) is 0 Å². The summed E-state index contributed by atoms with van der Waals surface area (Å²) in [6, 6.07) is 11.3. The average Bonchev–Trinajstić information content (AvgIpc) is 2.46. The van der Waals surface area contributed by atoms with E-state index in [9.17, 15) is 9.90 Å². The molecule has 0 saturated heterocycles. The fourth-order valence-corrected chi connectivity index (χ4v) is 1.63. The number of benzene rings is 1. The summed E-state index contributed by atoms with van der Waals surface area (Å²) >= 11 is 0. The minimum Gasteiger partial charge on any atom is -0.506 e. The van der Waals surface area contributed by atoms with Crippen LogP contribution in [0.15, 0.2) is 53.4 Å². The van der Waals surface area contributed by atoms with Gasteiger partial charge in [-0.3, -0.25) is 4.79 Å². The van der Waals surface area contributed by atoms with Crippen molar-refractivity contribution in [2.24, 2.45) is 0 Å². The van der Waals surface area contributed by atoms with Crippen LogP contribution >= 0.6 is 0 Å². The van der Waals surface area contributed by atoms with E-state index >= 15 is 0 Å². The lowest BCUT2D eigenvalue weighted by Gasteiger charge is -2.22. The Bertz CT molecular complexity index is 539. The van der Waals surface area contributed by atoms with Crippen LogP contribution in [0, 0.1) is 11.3 Å². The first-order valence-electron chi connectivity index (χ1n) is 5.91. The molecule has 0 unspecified atom stereocenters. The van der Waals surface area contributed by atoms with E-state index in [1.165, 1.54) is 6.08 Å². The van der Waals surface area contributed by atoms with Gasteiger partial charge in [0.25, 0.3) is 0 Å². The van der Waals surface area contributed by atoms with Gasteiger partial charge in [-0.1, -0.05) is 25.1 Å². The third-order valence-electron chi connectivity index (χ3n) is 2.75. The molecule has 0 heterocycles. The summed E-state index contributed by atoms with van der Waals surface area (Å²) in [6.07, 6.45) is 2.45. The van der Waals surface area contributed by atoms with E-state index in [1.54, 1.807) is 6.07 Å². The van der Waals surface area contributed by atoms with Crippen LogP contribution in [0.25, 0.3) is 0 Å².